The van der Waals surface area contributed by atoms with E-state index in [0.717, 1.165) is 40.4 Å². The lowest BCUT2D eigenvalue weighted by Crippen LogP contribution is -2.15. The molecule has 1 aliphatic carbocycles. The van der Waals surface area contributed by atoms with Gasteiger partial charge in [0, 0.05) is 39.7 Å². The van der Waals surface area contributed by atoms with Crippen LogP contribution in [0.1, 0.15) is 39.0 Å². The lowest BCUT2D eigenvalue weighted by atomic mass is 10.1. The van der Waals surface area contributed by atoms with E-state index in [1.807, 2.05) is 12.3 Å². The van der Waals surface area contributed by atoms with Gasteiger partial charge in [0.2, 0.25) is 5.88 Å². The number of sulfonamides is 1. The second-order valence-electron chi connectivity index (χ2n) is 8.40. The van der Waals surface area contributed by atoms with E-state index in [2.05, 4.69) is 39.8 Å². The molecule has 0 amide bonds. The van der Waals surface area contributed by atoms with Crippen LogP contribution in [0.15, 0.2) is 65.8 Å². The summed E-state index contributed by atoms with van der Waals surface area (Å²) in [6, 6.07) is 13.1. The Labute approximate surface area is 218 Å². The number of aromatic carboxylic acids is 1. The number of ether oxygens (including phenoxy) is 1. The molecule has 5 rings (SSSR count). The van der Waals surface area contributed by atoms with Gasteiger partial charge in [-0.3, -0.25) is 9.71 Å². The largest absolute Gasteiger partial charge is 0.480 e. The van der Waals surface area contributed by atoms with E-state index in [1.165, 1.54) is 35.1 Å². The minimum absolute atomic E-state index is 0.0994. The molecule has 0 radical (unpaired) electrons. The Morgan fingerprint density at radius 3 is 2.73 bits per heavy atom. The first kappa shape index (κ1) is 24.7. The first-order valence-electron chi connectivity index (χ1n) is 11.5. The maximum atomic E-state index is 13.1. The number of thiophene rings is 1. The summed E-state index contributed by atoms with van der Waals surface area (Å²) in [5, 5.41) is 9.23. The van der Waals surface area contributed by atoms with Gasteiger partial charge in [0.05, 0.1) is 23.3 Å². The molecule has 188 valence electrons. The second-order valence-corrected chi connectivity index (χ2v) is 11.3. The third kappa shape index (κ3) is 4.85. The van der Waals surface area contributed by atoms with Crippen molar-refractivity contribution >= 4 is 44.7 Å². The number of hydrogen-bond acceptors (Lipinski definition) is 7. The SMILES string of the molecule is CCc1ccc(-c2ccnc3c2C=C(c2cnc(OC)c(NS(=O)(=O)c4cccc(C(=O)O)c4)c2)C3)s1. The van der Waals surface area contributed by atoms with Gasteiger partial charge in [-0.15, -0.1) is 11.3 Å². The van der Waals surface area contributed by atoms with Crippen LogP contribution in [0.4, 0.5) is 5.69 Å². The fourth-order valence-corrected chi connectivity index (χ4v) is 6.28. The number of aryl methyl sites for hydroxylation is 1. The zero-order chi connectivity index (χ0) is 26.2. The predicted octanol–water partition coefficient (Wildman–Crippen LogP) is 5.37. The molecule has 1 aromatic carbocycles. The molecule has 0 fully saturated rings. The van der Waals surface area contributed by atoms with Gasteiger partial charge in [0.1, 0.15) is 5.69 Å². The van der Waals surface area contributed by atoms with Crippen molar-refractivity contribution in [2.45, 2.75) is 24.7 Å². The van der Waals surface area contributed by atoms with Crippen molar-refractivity contribution in [2.24, 2.45) is 0 Å². The van der Waals surface area contributed by atoms with E-state index >= 15 is 0 Å². The second kappa shape index (κ2) is 9.79. The molecule has 0 saturated carbocycles. The Kier molecular flexibility index (Phi) is 6.53. The molecular formula is C27H23N3O5S2. The molecule has 0 unspecified atom stereocenters. The Balaban J connectivity index is 1.49. The molecular weight excluding hydrogens is 510 g/mol. The van der Waals surface area contributed by atoms with E-state index in [4.69, 9.17) is 4.74 Å². The molecule has 0 aliphatic heterocycles. The van der Waals surface area contributed by atoms with Crippen LogP contribution < -0.4 is 9.46 Å². The zero-order valence-electron chi connectivity index (χ0n) is 20.1. The number of hydrogen-bond donors (Lipinski definition) is 2. The molecule has 0 spiro atoms. The minimum atomic E-state index is -4.10. The predicted molar refractivity (Wildman–Crippen MR) is 144 cm³/mol. The molecule has 3 aromatic heterocycles. The summed E-state index contributed by atoms with van der Waals surface area (Å²) in [6.07, 6.45) is 7.08. The van der Waals surface area contributed by atoms with Crippen LogP contribution >= 0.6 is 11.3 Å². The normalized spacial score (nSPS) is 12.6. The number of benzene rings is 1. The van der Waals surface area contributed by atoms with Crippen molar-refractivity contribution in [3.63, 3.8) is 0 Å². The first-order valence-corrected chi connectivity index (χ1v) is 13.8. The van der Waals surface area contributed by atoms with Crippen LogP contribution in [0.3, 0.4) is 0 Å². The number of nitrogens with zero attached hydrogens (tertiary/aromatic N) is 2. The van der Waals surface area contributed by atoms with Crippen molar-refractivity contribution in [1.82, 2.24) is 9.97 Å². The lowest BCUT2D eigenvalue weighted by Gasteiger charge is -2.13. The van der Waals surface area contributed by atoms with E-state index in [-0.39, 0.29) is 22.0 Å². The molecule has 0 saturated heterocycles. The van der Waals surface area contributed by atoms with Gasteiger partial charge in [-0.1, -0.05) is 13.0 Å². The number of fused-ring (bicyclic) bond motifs is 1. The topological polar surface area (TPSA) is 118 Å². The number of carbonyl (C=O) groups is 1. The van der Waals surface area contributed by atoms with Crippen molar-refractivity contribution in [3.8, 4) is 16.3 Å². The van der Waals surface area contributed by atoms with Gasteiger partial charge in [-0.2, -0.15) is 0 Å². The quantitative estimate of drug-likeness (QED) is 0.312. The third-order valence-electron chi connectivity index (χ3n) is 6.08. The Hall–Kier alpha value is -4.02. The Morgan fingerprint density at radius 2 is 2.00 bits per heavy atom. The molecule has 10 heteroatoms. The van der Waals surface area contributed by atoms with E-state index in [1.54, 1.807) is 23.6 Å². The fraction of sp³-hybridized carbons (Fsp3) is 0.148. The number of aromatic nitrogens is 2. The Bertz CT molecular complexity index is 1660. The third-order valence-corrected chi connectivity index (χ3v) is 8.70. The molecule has 0 atom stereocenters. The number of rotatable bonds is 8. The summed E-state index contributed by atoms with van der Waals surface area (Å²) in [4.78, 5) is 22.5. The number of allylic oxidation sites excluding steroid dienone is 1. The summed E-state index contributed by atoms with van der Waals surface area (Å²) < 4.78 is 33.9. The first-order chi connectivity index (χ1) is 17.8. The summed E-state index contributed by atoms with van der Waals surface area (Å²) in [5.41, 5.74) is 4.80. The van der Waals surface area contributed by atoms with Crippen LogP contribution in [0.25, 0.3) is 22.1 Å². The minimum Gasteiger partial charge on any atom is -0.480 e. The molecule has 37 heavy (non-hydrogen) atoms. The molecule has 3 heterocycles. The van der Waals surface area contributed by atoms with E-state index < -0.39 is 16.0 Å². The number of pyridine rings is 2. The smallest absolute Gasteiger partial charge is 0.335 e. The van der Waals surface area contributed by atoms with Crippen LogP contribution in [-0.4, -0.2) is 36.6 Å². The number of carboxylic acids is 1. The van der Waals surface area contributed by atoms with Crippen molar-refractivity contribution in [2.75, 3.05) is 11.8 Å². The highest BCUT2D eigenvalue weighted by Gasteiger charge is 2.23. The molecule has 2 N–H and O–H groups in total. The van der Waals surface area contributed by atoms with Crippen LogP contribution in [0, 0.1) is 0 Å². The fourth-order valence-electron chi connectivity index (χ4n) is 4.20. The van der Waals surface area contributed by atoms with Gasteiger partial charge in [-0.05, 0) is 66.1 Å². The lowest BCUT2D eigenvalue weighted by molar-refractivity contribution is 0.0696. The van der Waals surface area contributed by atoms with E-state index in [9.17, 15) is 18.3 Å². The maximum Gasteiger partial charge on any atom is 0.335 e. The zero-order valence-corrected chi connectivity index (χ0v) is 21.7. The summed E-state index contributed by atoms with van der Waals surface area (Å²) in [7, 11) is -2.70. The Morgan fingerprint density at radius 1 is 1.16 bits per heavy atom. The number of nitrogens with one attached hydrogen (secondary N) is 1. The van der Waals surface area contributed by atoms with Crippen LogP contribution in [-0.2, 0) is 22.9 Å². The monoisotopic (exact) mass is 533 g/mol. The maximum absolute atomic E-state index is 13.1. The van der Waals surface area contributed by atoms with Gasteiger partial charge in [0.25, 0.3) is 10.0 Å². The summed E-state index contributed by atoms with van der Waals surface area (Å²) in [6.45, 7) is 2.13. The van der Waals surface area contributed by atoms with Gasteiger partial charge in [-0.25, -0.2) is 18.2 Å². The molecule has 0 bridgehead atoms. The highest BCUT2D eigenvalue weighted by atomic mass is 32.2. The van der Waals surface area contributed by atoms with Gasteiger partial charge >= 0.3 is 5.97 Å². The number of anilines is 1. The van der Waals surface area contributed by atoms with Crippen molar-refractivity contribution in [3.05, 3.63) is 88.2 Å². The van der Waals surface area contributed by atoms with Gasteiger partial charge in [0.15, 0.2) is 0 Å². The highest BCUT2D eigenvalue weighted by Crippen LogP contribution is 2.40. The van der Waals surface area contributed by atoms with Crippen LogP contribution in [0.2, 0.25) is 0 Å². The van der Waals surface area contributed by atoms with Crippen molar-refractivity contribution in [1.29, 1.82) is 0 Å². The van der Waals surface area contributed by atoms with Crippen molar-refractivity contribution < 1.29 is 23.1 Å². The van der Waals surface area contributed by atoms with Crippen LogP contribution in [0.5, 0.6) is 5.88 Å². The molecule has 4 aromatic rings. The summed E-state index contributed by atoms with van der Waals surface area (Å²) in [5.74, 6) is -1.12. The highest BCUT2D eigenvalue weighted by molar-refractivity contribution is 7.92. The summed E-state index contributed by atoms with van der Waals surface area (Å²) >= 11 is 1.76. The average molecular weight is 534 g/mol. The molecule has 1 aliphatic rings. The number of carboxylic acid groups (broad SMARTS) is 1. The standard InChI is InChI=1S/C27H23N3O5S2/c1-3-19-7-8-25(36-19)21-9-10-28-23-13-17(12-22(21)23)18-14-24(26(35-2)29-15-18)30-37(33,34)20-6-4-5-16(11-20)27(31)32/h4-12,14-15,30H,3,13H2,1-2H3,(H,31,32). The average Bonchev–Trinajstić information content (AvgIpc) is 3.56. The van der Waals surface area contributed by atoms with Gasteiger partial charge < -0.3 is 9.84 Å². The van der Waals surface area contributed by atoms with E-state index in [0.29, 0.717) is 6.42 Å². The molecule has 8 nitrogen and oxygen atoms in total. The number of methoxy groups -OCH3 is 1.